The molecule has 0 aliphatic carbocycles. The smallest absolute Gasteiger partial charge is 0.269 e. The molecule has 29 heavy (non-hydrogen) atoms. The maximum Gasteiger partial charge on any atom is 0.269 e. The highest BCUT2D eigenvalue weighted by Crippen LogP contribution is 2.42. The summed E-state index contributed by atoms with van der Waals surface area (Å²) < 4.78 is 5.43. The van der Waals surface area contributed by atoms with Gasteiger partial charge in [0.2, 0.25) is 12.1 Å². The number of rotatable bonds is 3. The molecule has 1 saturated heterocycles. The zero-order valence-corrected chi connectivity index (χ0v) is 15.8. The summed E-state index contributed by atoms with van der Waals surface area (Å²) in [5, 5.41) is 7.81. The molecule has 0 atom stereocenters. The van der Waals surface area contributed by atoms with E-state index in [9.17, 15) is 0 Å². The van der Waals surface area contributed by atoms with Crippen LogP contribution < -0.4 is 31.7 Å². The molecule has 4 heterocycles. The van der Waals surface area contributed by atoms with Crippen molar-refractivity contribution in [3.8, 4) is 34.3 Å². The number of nitrogen functional groups attached to an aromatic ring is 1. The third-order valence-electron chi connectivity index (χ3n) is 5.20. The molecule has 0 radical (unpaired) electrons. The number of nitrogens with two attached hydrogens (primary N) is 2. The quantitative estimate of drug-likeness (QED) is 0.587. The van der Waals surface area contributed by atoms with E-state index in [0.29, 0.717) is 34.3 Å². The largest absolute Gasteiger partial charge is 0.422 e. The van der Waals surface area contributed by atoms with Crippen LogP contribution in [0.15, 0.2) is 29.0 Å². The second-order valence-electron chi connectivity index (χ2n) is 7.43. The van der Waals surface area contributed by atoms with E-state index in [0.717, 1.165) is 25.9 Å². The van der Waals surface area contributed by atoms with Gasteiger partial charge in [0, 0.05) is 24.3 Å². The molecule has 11 nitrogen and oxygen atoms in total. The average Bonchev–Trinajstić information content (AvgIpc) is 3.39. The third kappa shape index (κ3) is 3.09. The Morgan fingerprint density at radius 2 is 1.97 bits per heavy atom. The van der Waals surface area contributed by atoms with Crippen LogP contribution in [0.3, 0.4) is 0 Å². The average molecular weight is 396 g/mol. The van der Waals surface area contributed by atoms with Crippen molar-refractivity contribution >= 4 is 11.6 Å². The predicted molar refractivity (Wildman–Crippen MR) is 104 cm³/mol. The van der Waals surface area contributed by atoms with Gasteiger partial charge in [-0.05, 0) is 31.9 Å². The molecular weight excluding hydrogens is 376 g/mol. The summed E-state index contributed by atoms with van der Waals surface area (Å²) in [4.78, 5) is 22.1. The summed E-state index contributed by atoms with van der Waals surface area (Å²) in [6.45, 7) is 3.50. The van der Waals surface area contributed by atoms with Crippen molar-refractivity contribution in [3.63, 3.8) is 0 Å². The molecule has 11 heteroatoms. The zero-order valence-electron chi connectivity index (χ0n) is 15.8. The van der Waals surface area contributed by atoms with Gasteiger partial charge in [0.25, 0.3) is 5.89 Å². The second-order valence-corrected chi connectivity index (χ2v) is 7.43. The molecule has 0 bridgehead atoms. The molecule has 2 aliphatic rings. The van der Waals surface area contributed by atoms with Crippen LogP contribution in [0.5, 0.6) is 11.5 Å². The van der Waals surface area contributed by atoms with Crippen LogP contribution in [0, 0.1) is 0 Å². The van der Waals surface area contributed by atoms with Gasteiger partial charge in [0.15, 0.2) is 23.1 Å². The van der Waals surface area contributed by atoms with Crippen LogP contribution in [0.4, 0.5) is 11.6 Å². The molecule has 2 aromatic heterocycles. The van der Waals surface area contributed by atoms with Crippen LogP contribution in [0.2, 0.25) is 0 Å². The monoisotopic (exact) mass is 396 g/mol. The lowest BCUT2D eigenvalue weighted by molar-refractivity contribution is 0.0262. The maximum atomic E-state index is 6.32. The van der Waals surface area contributed by atoms with E-state index in [4.69, 9.17) is 30.5 Å². The first-order chi connectivity index (χ1) is 14.0. The van der Waals surface area contributed by atoms with Crippen LogP contribution in [0.1, 0.15) is 19.8 Å². The van der Waals surface area contributed by atoms with Gasteiger partial charge in [-0.3, -0.25) is 0 Å². The Labute approximate surface area is 165 Å². The fraction of sp³-hybridized carbons (Fsp3) is 0.333. The number of para-hydroxylation sites is 1. The minimum Gasteiger partial charge on any atom is -0.422 e. The van der Waals surface area contributed by atoms with Gasteiger partial charge >= 0.3 is 0 Å². The molecule has 3 aromatic rings. The Kier molecular flexibility index (Phi) is 4.00. The van der Waals surface area contributed by atoms with Crippen LogP contribution in [0.25, 0.3) is 22.8 Å². The first-order valence-corrected chi connectivity index (χ1v) is 9.22. The number of anilines is 2. The Balaban J connectivity index is 1.63. The van der Waals surface area contributed by atoms with Crippen molar-refractivity contribution in [3.05, 3.63) is 24.6 Å². The van der Waals surface area contributed by atoms with Gasteiger partial charge in [-0.15, -0.1) is 10.2 Å². The van der Waals surface area contributed by atoms with Gasteiger partial charge in [-0.1, -0.05) is 6.07 Å². The number of aromatic nitrogens is 4. The van der Waals surface area contributed by atoms with Crippen molar-refractivity contribution < 1.29 is 14.1 Å². The predicted octanol–water partition coefficient (Wildman–Crippen LogP) is 1.28. The standard InChI is InChI=1S/C18H20N8O3/c1-18(20)5-7-26(8-6-18)16-13(17-24-21-9-27-17)22-12(15(19)23-16)10-3-2-4-11-14(10)29-25-28-11/h2-4,9,25H,5-8,20H2,1H3,(H2,19,23). The zero-order chi connectivity index (χ0) is 20.0. The summed E-state index contributed by atoms with van der Waals surface area (Å²) in [5.41, 5.74) is 16.3. The lowest BCUT2D eigenvalue weighted by Crippen LogP contribution is -2.48. The number of piperidine rings is 1. The van der Waals surface area contributed by atoms with Gasteiger partial charge in [0.1, 0.15) is 5.69 Å². The van der Waals surface area contributed by atoms with E-state index in [1.165, 1.54) is 6.39 Å². The molecule has 0 amide bonds. The molecule has 5 N–H and O–H groups in total. The van der Waals surface area contributed by atoms with E-state index >= 15 is 0 Å². The SMILES string of the molecule is CC1(N)CCN(c2nc(N)c(-c3cccc4c3ONO4)nc2-c2nnco2)CC1. The molecule has 0 spiro atoms. The van der Waals surface area contributed by atoms with Crippen molar-refractivity contribution in [2.24, 2.45) is 5.73 Å². The van der Waals surface area contributed by atoms with Gasteiger partial charge in [0.05, 0.1) is 5.56 Å². The first-order valence-electron chi connectivity index (χ1n) is 9.22. The van der Waals surface area contributed by atoms with Crippen molar-refractivity contribution in [2.45, 2.75) is 25.3 Å². The van der Waals surface area contributed by atoms with Gasteiger partial charge in [-0.25, -0.2) is 9.97 Å². The highest BCUT2D eigenvalue weighted by atomic mass is 16.9. The van der Waals surface area contributed by atoms with E-state index in [1.54, 1.807) is 6.07 Å². The maximum absolute atomic E-state index is 6.32. The molecule has 5 rings (SSSR count). The minimum absolute atomic E-state index is 0.199. The Hall–Kier alpha value is -3.44. The Morgan fingerprint density at radius 1 is 1.14 bits per heavy atom. The lowest BCUT2D eigenvalue weighted by atomic mass is 9.91. The number of hydrogen-bond donors (Lipinski definition) is 3. The van der Waals surface area contributed by atoms with Gasteiger partial charge < -0.3 is 30.5 Å². The Morgan fingerprint density at radius 3 is 2.72 bits per heavy atom. The third-order valence-corrected chi connectivity index (χ3v) is 5.20. The summed E-state index contributed by atoms with van der Waals surface area (Å²) in [6, 6.07) is 5.42. The number of nitrogens with one attached hydrogen (secondary N) is 1. The summed E-state index contributed by atoms with van der Waals surface area (Å²) in [7, 11) is 0. The fourth-order valence-electron chi connectivity index (χ4n) is 3.50. The van der Waals surface area contributed by atoms with Crippen LogP contribution >= 0.6 is 0 Å². The summed E-state index contributed by atoms with van der Waals surface area (Å²) >= 11 is 0. The molecule has 0 unspecified atom stereocenters. The highest BCUT2D eigenvalue weighted by Gasteiger charge is 2.31. The topological polar surface area (TPSA) is 150 Å². The molecule has 2 aliphatic heterocycles. The molecule has 0 saturated carbocycles. The lowest BCUT2D eigenvalue weighted by Gasteiger charge is -2.37. The molecule has 150 valence electrons. The van der Waals surface area contributed by atoms with Crippen molar-refractivity contribution in [1.29, 1.82) is 0 Å². The minimum atomic E-state index is -0.199. The Bertz CT molecular complexity index is 1040. The molecular formula is C18H20N8O3. The van der Waals surface area contributed by atoms with E-state index in [-0.39, 0.29) is 17.2 Å². The van der Waals surface area contributed by atoms with Crippen molar-refractivity contribution in [2.75, 3.05) is 23.7 Å². The number of fused-ring (bicyclic) bond motifs is 1. The summed E-state index contributed by atoms with van der Waals surface area (Å²) in [6.07, 6.45) is 2.90. The molecule has 1 fully saturated rings. The number of hydrogen-bond acceptors (Lipinski definition) is 11. The number of nitrogens with zero attached hydrogens (tertiary/aromatic N) is 5. The summed E-state index contributed by atoms with van der Waals surface area (Å²) in [5.74, 6) is 2.12. The molecule has 1 aromatic carbocycles. The van der Waals surface area contributed by atoms with Gasteiger partial charge in [-0.2, -0.15) is 0 Å². The van der Waals surface area contributed by atoms with Crippen molar-refractivity contribution in [1.82, 2.24) is 25.8 Å². The van der Waals surface area contributed by atoms with E-state index < -0.39 is 0 Å². The van der Waals surface area contributed by atoms with Crippen LogP contribution in [-0.4, -0.2) is 38.8 Å². The number of benzene rings is 1. The highest BCUT2D eigenvalue weighted by molar-refractivity contribution is 5.82. The fourth-order valence-corrected chi connectivity index (χ4v) is 3.50. The first kappa shape index (κ1) is 17.6. The van der Waals surface area contributed by atoms with E-state index in [2.05, 4.69) is 32.6 Å². The second kappa shape index (κ2) is 6.57. The van der Waals surface area contributed by atoms with Crippen LogP contribution in [-0.2, 0) is 0 Å². The normalized spacial score (nSPS) is 17.5. The van der Waals surface area contributed by atoms with E-state index in [1.807, 2.05) is 12.1 Å².